The molecule has 0 unspecified atom stereocenters. The molecule has 1 saturated heterocycles. The molecule has 0 aromatic carbocycles. The van der Waals surface area contributed by atoms with E-state index >= 15 is 0 Å². The first-order chi connectivity index (χ1) is 7.54. The van der Waals surface area contributed by atoms with E-state index in [-0.39, 0.29) is 11.9 Å². The molecular formula is C10H15NO4S. The van der Waals surface area contributed by atoms with Crippen LogP contribution < -0.4 is 5.32 Å². The largest absolute Gasteiger partial charge is 0.480 e. The van der Waals surface area contributed by atoms with Gasteiger partial charge >= 0.3 is 5.97 Å². The van der Waals surface area contributed by atoms with E-state index in [1.807, 2.05) is 0 Å². The number of carboxylic acid groups (broad SMARTS) is 1. The van der Waals surface area contributed by atoms with Crippen molar-refractivity contribution in [2.45, 2.75) is 31.7 Å². The molecule has 2 N–H and O–H groups in total. The maximum absolute atomic E-state index is 11.8. The Kier molecular flexibility index (Phi) is 3.01. The predicted molar refractivity (Wildman–Crippen MR) is 58.3 cm³/mol. The molecule has 0 aromatic heterocycles. The van der Waals surface area contributed by atoms with Crippen LogP contribution >= 0.6 is 0 Å². The molecule has 1 saturated carbocycles. The van der Waals surface area contributed by atoms with E-state index in [2.05, 4.69) is 5.32 Å². The number of carboxylic acids is 1. The molecule has 1 heterocycles. The number of amides is 1. The third-order valence-corrected chi connectivity index (χ3v) is 4.70. The molecule has 90 valence electrons. The van der Waals surface area contributed by atoms with Crippen LogP contribution in [0.3, 0.4) is 0 Å². The van der Waals surface area contributed by atoms with Gasteiger partial charge in [0.2, 0.25) is 5.91 Å². The second-order valence-corrected chi connectivity index (χ2v) is 6.18. The highest BCUT2D eigenvalue weighted by Crippen LogP contribution is 2.46. The van der Waals surface area contributed by atoms with Gasteiger partial charge in [-0.2, -0.15) is 0 Å². The van der Waals surface area contributed by atoms with Crippen molar-refractivity contribution in [3.63, 3.8) is 0 Å². The highest BCUT2D eigenvalue weighted by molar-refractivity contribution is 7.85. The summed E-state index contributed by atoms with van der Waals surface area (Å²) in [5.74, 6) is -0.183. The van der Waals surface area contributed by atoms with Crippen molar-refractivity contribution in [3.8, 4) is 0 Å². The zero-order valence-electron chi connectivity index (χ0n) is 8.90. The molecular weight excluding hydrogens is 230 g/mol. The number of hydrogen-bond donors (Lipinski definition) is 2. The van der Waals surface area contributed by atoms with Crippen molar-refractivity contribution >= 4 is 22.7 Å². The van der Waals surface area contributed by atoms with Gasteiger partial charge in [0.15, 0.2) is 0 Å². The Morgan fingerprint density at radius 3 is 2.25 bits per heavy atom. The lowest BCUT2D eigenvalue weighted by atomic mass is 10.0. The average molecular weight is 245 g/mol. The zero-order chi connectivity index (χ0) is 11.8. The molecule has 0 aromatic rings. The van der Waals surface area contributed by atoms with E-state index in [4.69, 9.17) is 5.11 Å². The standard InChI is InChI=1S/C10H15NO4S/c12-8(10(3-4-10)9(13)14)11-7-1-5-16(15)6-2-7/h7H,1-6H2,(H,11,12)(H,13,14). The molecule has 2 aliphatic rings. The number of rotatable bonds is 3. The second kappa shape index (κ2) is 4.16. The van der Waals surface area contributed by atoms with Crippen molar-refractivity contribution in [2.75, 3.05) is 11.5 Å². The molecule has 0 radical (unpaired) electrons. The normalized spacial score (nSPS) is 31.8. The molecule has 0 bridgehead atoms. The number of aliphatic carboxylic acids is 1. The molecule has 1 amide bonds. The third kappa shape index (κ3) is 2.11. The third-order valence-electron chi connectivity index (χ3n) is 3.32. The van der Waals surface area contributed by atoms with Gasteiger partial charge in [0.1, 0.15) is 5.41 Å². The second-order valence-electron chi connectivity index (χ2n) is 4.48. The van der Waals surface area contributed by atoms with Gasteiger partial charge in [0.25, 0.3) is 0 Å². The first-order valence-corrected chi connectivity index (χ1v) is 6.93. The van der Waals surface area contributed by atoms with Gasteiger partial charge in [-0.3, -0.25) is 13.8 Å². The van der Waals surface area contributed by atoms with Crippen LogP contribution in [0, 0.1) is 5.41 Å². The number of nitrogens with one attached hydrogen (secondary N) is 1. The minimum atomic E-state index is -1.16. The minimum absolute atomic E-state index is 0.00187. The maximum atomic E-state index is 11.8. The quantitative estimate of drug-likeness (QED) is 0.679. The fraction of sp³-hybridized carbons (Fsp3) is 0.800. The molecule has 0 atom stereocenters. The monoisotopic (exact) mass is 245 g/mol. The summed E-state index contributed by atoms with van der Waals surface area (Å²) in [6, 6.07) is 0.00187. The van der Waals surface area contributed by atoms with Crippen LogP contribution in [-0.2, 0) is 20.4 Å². The Morgan fingerprint density at radius 2 is 1.81 bits per heavy atom. The topological polar surface area (TPSA) is 83.5 Å². The van der Waals surface area contributed by atoms with E-state index in [1.54, 1.807) is 0 Å². The molecule has 2 rings (SSSR count). The SMILES string of the molecule is O=C(O)C1(C(=O)NC2CCS(=O)CC2)CC1. The smallest absolute Gasteiger partial charge is 0.319 e. The lowest BCUT2D eigenvalue weighted by Crippen LogP contribution is -2.45. The summed E-state index contributed by atoms with van der Waals surface area (Å²) in [5, 5.41) is 11.7. The van der Waals surface area contributed by atoms with E-state index in [0.717, 1.165) is 0 Å². The van der Waals surface area contributed by atoms with Crippen LogP contribution in [-0.4, -0.2) is 38.7 Å². The van der Waals surface area contributed by atoms with Crippen LogP contribution in [0.5, 0.6) is 0 Å². The Morgan fingerprint density at radius 1 is 1.25 bits per heavy atom. The highest BCUT2D eigenvalue weighted by Gasteiger charge is 2.57. The van der Waals surface area contributed by atoms with Gasteiger partial charge in [-0.25, -0.2) is 0 Å². The van der Waals surface area contributed by atoms with Crippen LogP contribution in [0.2, 0.25) is 0 Å². The highest BCUT2D eigenvalue weighted by atomic mass is 32.2. The maximum Gasteiger partial charge on any atom is 0.319 e. The summed E-state index contributed by atoms with van der Waals surface area (Å²) >= 11 is 0. The van der Waals surface area contributed by atoms with Crippen LogP contribution in [0.4, 0.5) is 0 Å². The fourth-order valence-electron chi connectivity index (χ4n) is 1.92. The molecule has 16 heavy (non-hydrogen) atoms. The summed E-state index contributed by atoms with van der Waals surface area (Å²) in [6.07, 6.45) is 2.25. The van der Waals surface area contributed by atoms with Crippen LogP contribution in [0.25, 0.3) is 0 Å². The average Bonchev–Trinajstić information content (AvgIpc) is 3.02. The molecule has 1 aliphatic carbocycles. The lowest BCUT2D eigenvalue weighted by molar-refractivity contribution is -0.149. The van der Waals surface area contributed by atoms with Gasteiger partial charge in [0.05, 0.1) is 0 Å². The van der Waals surface area contributed by atoms with Gasteiger partial charge in [-0.15, -0.1) is 0 Å². The molecule has 6 heteroatoms. The fourth-order valence-corrected chi connectivity index (χ4v) is 3.22. The van der Waals surface area contributed by atoms with Gasteiger partial charge in [-0.1, -0.05) is 0 Å². The van der Waals surface area contributed by atoms with E-state index < -0.39 is 22.2 Å². The zero-order valence-corrected chi connectivity index (χ0v) is 9.72. The van der Waals surface area contributed by atoms with E-state index in [0.29, 0.717) is 37.2 Å². The van der Waals surface area contributed by atoms with Gasteiger partial charge in [0, 0.05) is 28.3 Å². The van der Waals surface area contributed by atoms with Gasteiger partial charge < -0.3 is 10.4 Å². The van der Waals surface area contributed by atoms with E-state index in [9.17, 15) is 13.8 Å². The lowest BCUT2D eigenvalue weighted by Gasteiger charge is -2.24. The number of hydrogen-bond acceptors (Lipinski definition) is 3. The van der Waals surface area contributed by atoms with Crippen molar-refractivity contribution in [3.05, 3.63) is 0 Å². The molecule has 0 spiro atoms. The summed E-state index contributed by atoms with van der Waals surface area (Å²) in [6.45, 7) is 0. The Balaban J connectivity index is 1.88. The minimum Gasteiger partial charge on any atom is -0.480 e. The van der Waals surface area contributed by atoms with Crippen molar-refractivity contribution in [2.24, 2.45) is 5.41 Å². The van der Waals surface area contributed by atoms with Crippen LogP contribution in [0.1, 0.15) is 25.7 Å². The van der Waals surface area contributed by atoms with Crippen LogP contribution in [0.15, 0.2) is 0 Å². The summed E-state index contributed by atoms with van der Waals surface area (Å²) < 4.78 is 11.1. The molecule has 2 fully saturated rings. The Labute approximate surface area is 96.1 Å². The summed E-state index contributed by atoms with van der Waals surface area (Å²) in [7, 11) is -0.758. The van der Waals surface area contributed by atoms with Gasteiger partial charge in [-0.05, 0) is 25.7 Å². The number of carbonyl (C=O) groups is 2. The van der Waals surface area contributed by atoms with Crippen molar-refractivity contribution in [1.82, 2.24) is 5.32 Å². The summed E-state index contributed by atoms with van der Waals surface area (Å²) in [5.41, 5.74) is -1.16. The first-order valence-electron chi connectivity index (χ1n) is 5.44. The van der Waals surface area contributed by atoms with Crippen molar-refractivity contribution < 1.29 is 18.9 Å². The van der Waals surface area contributed by atoms with E-state index in [1.165, 1.54) is 0 Å². The predicted octanol–water partition coefficient (Wildman–Crippen LogP) is -0.122. The Bertz CT molecular complexity index is 341. The van der Waals surface area contributed by atoms with Crippen molar-refractivity contribution in [1.29, 1.82) is 0 Å². The first kappa shape index (κ1) is 11.6. The molecule has 1 aliphatic heterocycles. The number of carbonyl (C=O) groups excluding carboxylic acids is 1. The Hall–Kier alpha value is -0.910. The summed E-state index contributed by atoms with van der Waals surface area (Å²) in [4.78, 5) is 22.7. The molecule has 5 nitrogen and oxygen atoms in total.